The first-order valence-corrected chi connectivity index (χ1v) is 12.5. The van der Waals surface area contributed by atoms with Gasteiger partial charge in [-0.1, -0.05) is 29.8 Å². The van der Waals surface area contributed by atoms with E-state index in [9.17, 15) is 14.7 Å². The first-order chi connectivity index (χ1) is 17.9. The summed E-state index contributed by atoms with van der Waals surface area (Å²) in [5.41, 5.74) is 1.30. The predicted molar refractivity (Wildman–Crippen MR) is 143 cm³/mol. The van der Waals surface area contributed by atoms with E-state index in [1.54, 1.807) is 66.7 Å². The van der Waals surface area contributed by atoms with E-state index >= 15 is 0 Å². The number of carbonyl (C=O) groups is 2. The number of benzene rings is 3. The van der Waals surface area contributed by atoms with Crippen LogP contribution >= 0.6 is 11.6 Å². The Morgan fingerprint density at radius 3 is 2.16 bits per heavy atom. The maximum atomic E-state index is 13.5. The second kappa shape index (κ2) is 11.4. The smallest absolute Gasteiger partial charge is 0.300 e. The van der Waals surface area contributed by atoms with Gasteiger partial charge in [-0.25, -0.2) is 0 Å². The Morgan fingerprint density at radius 1 is 0.865 bits per heavy atom. The summed E-state index contributed by atoms with van der Waals surface area (Å²) in [5.74, 6) is -0.458. The van der Waals surface area contributed by atoms with E-state index in [0.29, 0.717) is 53.3 Å². The summed E-state index contributed by atoms with van der Waals surface area (Å²) in [6, 6.07) is 17.8. The normalized spacial score (nSPS) is 16.6. The van der Waals surface area contributed by atoms with Crippen LogP contribution in [-0.4, -0.2) is 36.6 Å². The summed E-state index contributed by atoms with van der Waals surface area (Å²) in [7, 11) is 0. The van der Waals surface area contributed by atoms with Crippen molar-refractivity contribution in [3.8, 4) is 17.2 Å². The molecule has 1 atom stereocenters. The molecule has 0 saturated carbocycles. The van der Waals surface area contributed by atoms with E-state index in [2.05, 4.69) is 0 Å². The maximum Gasteiger partial charge on any atom is 0.300 e. The van der Waals surface area contributed by atoms with Crippen molar-refractivity contribution in [3.05, 3.63) is 88.5 Å². The molecule has 0 aliphatic carbocycles. The molecule has 3 aromatic rings. The van der Waals surface area contributed by atoms with Crippen LogP contribution < -0.4 is 19.1 Å². The van der Waals surface area contributed by atoms with Gasteiger partial charge >= 0.3 is 0 Å². The highest BCUT2D eigenvalue weighted by atomic mass is 35.5. The van der Waals surface area contributed by atoms with Crippen molar-refractivity contribution in [2.75, 3.05) is 24.7 Å². The van der Waals surface area contributed by atoms with Crippen LogP contribution in [0.25, 0.3) is 5.76 Å². The molecule has 1 fully saturated rings. The van der Waals surface area contributed by atoms with Crippen molar-refractivity contribution >= 4 is 34.7 Å². The molecule has 0 spiro atoms. The molecule has 1 amide bonds. The number of nitrogens with zero attached hydrogens (tertiary/aromatic N) is 1. The number of hydrogen-bond donors (Lipinski definition) is 1. The zero-order valence-electron chi connectivity index (χ0n) is 20.9. The third kappa shape index (κ3) is 5.27. The van der Waals surface area contributed by atoms with Crippen molar-refractivity contribution in [2.24, 2.45) is 0 Å². The molecule has 1 saturated heterocycles. The van der Waals surface area contributed by atoms with E-state index in [0.717, 1.165) is 0 Å². The summed E-state index contributed by atoms with van der Waals surface area (Å²) in [6.45, 7) is 6.77. The van der Waals surface area contributed by atoms with Crippen LogP contribution in [0.2, 0.25) is 5.02 Å². The minimum atomic E-state index is -0.907. The Labute approximate surface area is 220 Å². The quantitative estimate of drug-likeness (QED) is 0.206. The molecule has 1 aliphatic rings. The fraction of sp³-hybridized carbons (Fsp3) is 0.241. The summed E-state index contributed by atoms with van der Waals surface area (Å²) in [4.78, 5) is 28.3. The lowest BCUT2D eigenvalue weighted by Gasteiger charge is -2.26. The van der Waals surface area contributed by atoms with Crippen LogP contribution in [0.3, 0.4) is 0 Å². The summed E-state index contributed by atoms with van der Waals surface area (Å²) in [6.07, 6.45) is 0. The van der Waals surface area contributed by atoms with Gasteiger partial charge in [0.25, 0.3) is 11.7 Å². The molecule has 37 heavy (non-hydrogen) atoms. The maximum absolute atomic E-state index is 13.5. The van der Waals surface area contributed by atoms with Gasteiger partial charge in [0.15, 0.2) is 0 Å². The molecule has 0 bridgehead atoms. The molecule has 8 heteroatoms. The summed E-state index contributed by atoms with van der Waals surface area (Å²) in [5, 5.41) is 12.0. The zero-order valence-corrected chi connectivity index (χ0v) is 21.6. The molecule has 1 unspecified atom stereocenters. The fourth-order valence-electron chi connectivity index (χ4n) is 4.32. The highest BCUT2D eigenvalue weighted by Crippen LogP contribution is 2.44. The highest BCUT2D eigenvalue weighted by molar-refractivity contribution is 6.51. The molecule has 1 aliphatic heterocycles. The van der Waals surface area contributed by atoms with E-state index in [1.807, 2.05) is 20.8 Å². The number of ketones is 1. The highest BCUT2D eigenvalue weighted by Gasteiger charge is 2.47. The minimum absolute atomic E-state index is 0.0563. The number of hydrogen-bond acceptors (Lipinski definition) is 6. The number of halogens is 1. The summed E-state index contributed by atoms with van der Waals surface area (Å²) < 4.78 is 16.9. The Bertz CT molecular complexity index is 1330. The second-order valence-electron chi connectivity index (χ2n) is 8.18. The SMILES string of the molecule is CCOc1cccc(N2C(=O)C(=O)/C(=C(\O)c3ccc(OCC)cc3OCC)C2c2ccc(Cl)cc2)c1. The topological polar surface area (TPSA) is 85.3 Å². The molecule has 192 valence electrons. The van der Waals surface area contributed by atoms with Crippen LogP contribution in [-0.2, 0) is 9.59 Å². The number of Topliss-reactive ketones (excluding diaryl/α,β-unsaturated/α-hetero) is 1. The first kappa shape index (κ1) is 26.1. The molecule has 7 nitrogen and oxygen atoms in total. The molecule has 4 rings (SSSR count). The molecule has 1 N–H and O–H groups in total. The van der Waals surface area contributed by atoms with Gasteiger partial charge in [0.05, 0.1) is 37.0 Å². The Balaban J connectivity index is 1.92. The van der Waals surface area contributed by atoms with Crippen LogP contribution in [0.1, 0.15) is 37.9 Å². The molecular weight excluding hydrogens is 494 g/mol. The van der Waals surface area contributed by atoms with Crippen molar-refractivity contribution in [1.82, 2.24) is 0 Å². The Morgan fingerprint density at radius 2 is 1.51 bits per heavy atom. The van der Waals surface area contributed by atoms with E-state index in [1.165, 1.54) is 4.90 Å². The van der Waals surface area contributed by atoms with Crippen molar-refractivity contribution in [2.45, 2.75) is 26.8 Å². The average Bonchev–Trinajstić information content (AvgIpc) is 3.15. The average molecular weight is 522 g/mol. The monoisotopic (exact) mass is 521 g/mol. The van der Waals surface area contributed by atoms with Gasteiger partial charge in [0.2, 0.25) is 0 Å². The van der Waals surface area contributed by atoms with Gasteiger partial charge in [-0.05, 0) is 62.7 Å². The largest absolute Gasteiger partial charge is 0.507 e. The third-order valence-electron chi connectivity index (χ3n) is 5.86. The number of anilines is 1. The predicted octanol–water partition coefficient (Wildman–Crippen LogP) is 6.16. The van der Waals surface area contributed by atoms with E-state index in [4.69, 9.17) is 25.8 Å². The number of amides is 1. The molecule has 0 radical (unpaired) electrons. The van der Waals surface area contributed by atoms with Gasteiger partial charge < -0.3 is 19.3 Å². The van der Waals surface area contributed by atoms with Gasteiger partial charge in [-0.15, -0.1) is 0 Å². The Kier molecular flexibility index (Phi) is 8.04. The van der Waals surface area contributed by atoms with Crippen molar-refractivity contribution in [3.63, 3.8) is 0 Å². The molecule has 1 heterocycles. The first-order valence-electron chi connectivity index (χ1n) is 12.1. The van der Waals surface area contributed by atoms with E-state index in [-0.39, 0.29) is 16.9 Å². The van der Waals surface area contributed by atoms with Crippen molar-refractivity contribution in [1.29, 1.82) is 0 Å². The van der Waals surface area contributed by atoms with Gasteiger partial charge in [0, 0.05) is 22.8 Å². The number of rotatable bonds is 9. The lowest BCUT2D eigenvalue weighted by Crippen LogP contribution is -2.29. The van der Waals surface area contributed by atoms with Crippen LogP contribution in [0, 0.1) is 0 Å². The van der Waals surface area contributed by atoms with Gasteiger partial charge in [-0.3, -0.25) is 14.5 Å². The van der Waals surface area contributed by atoms with Crippen LogP contribution in [0.4, 0.5) is 5.69 Å². The number of aliphatic hydroxyl groups is 1. The molecule has 0 aromatic heterocycles. The second-order valence-corrected chi connectivity index (χ2v) is 8.61. The molecular formula is C29H28ClNO6. The van der Waals surface area contributed by atoms with E-state index < -0.39 is 17.7 Å². The standard InChI is InChI=1S/C29H28ClNO6/c1-4-35-21-9-7-8-20(16-21)31-26(18-10-12-19(30)13-11-18)25(28(33)29(31)34)27(32)23-15-14-22(36-5-2)17-24(23)37-6-3/h7-17,26,32H,4-6H2,1-3H3/b27-25-. The van der Waals surface area contributed by atoms with Crippen molar-refractivity contribution < 1.29 is 28.9 Å². The van der Waals surface area contributed by atoms with Gasteiger partial charge in [0.1, 0.15) is 23.0 Å². The lowest BCUT2D eigenvalue weighted by molar-refractivity contribution is -0.132. The third-order valence-corrected chi connectivity index (χ3v) is 6.11. The van der Waals surface area contributed by atoms with Gasteiger partial charge in [-0.2, -0.15) is 0 Å². The number of aliphatic hydroxyl groups excluding tert-OH is 1. The number of ether oxygens (including phenoxy) is 3. The summed E-state index contributed by atoms with van der Waals surface area (Å²) >= 11 is 6.12. The fourth-order valence-corrected chi connectivity index (χ4v) is 4.45. The zero-order chi connectivity index (χ0) is 26.5. The van der Waals surface area contributed by atoms with Crippen LogP contribution in [0.15, 0.2) is 72.3 Å². The number of carbonyl (C=O) groups excluding carboxylic acids is 2. The molecule has 3 aromatic carbocycles. The Hall–Kier alpha value is -3.97. The lowest BCUT2D eigenvalue weighted by atomic mass is 9.94. The minimum Gasteiger partial charge on any atom is -0.507 e. The van der Waals surface area contributed by atoms with Crippen LogP contribution in [0.5, 0.6) is 17.2 Å².